The minimum atomic E-state index is -0.285. The number of fused-ring (bicyclic) bond motifs is 2. The summed E-state index contributed by atoms with van der Waals surface area (Å²) >= 11 is 0. The molecule has 2 bridgehead atoms. The van der Waals surface area contributed by atoms with E-state index < -0.39 is 0 Å². The van der Waals surface area contributed by atoms with Crippen molar-refractivity contribution in [3.8, 4) is 0 Å². The molecule has 104 valence electrons. The molecular weight excluding hydrogens is 246 g/mol. The topological polar surface area (TPSA) is 87.4 Å². The number of aliphatic hydroxyl groups excluding tert-OH is 1. The Kier molecular flexibility index (Phi) is 3.18. The van der Waals surface area contributed by atoms with E-state index in [4.69, 9.17) is 4.52 Å². The quantitative estimate of drug-likeness (QED) is 0.773. The Labute approximate surface area is 111 Å². The lowest BCUT2D eigenvalue weighted by molar-refractivity contribution is 0.146. The summed E-state index contributed by atoms with van der Waals surface area (Å²) in [7, 11) is 0. The molecule has 3 rings (SSSR count). The fourth-order valence-electron chi connectivity index (χ4n) is 3.62. The average Bonchev–Trinajstić information content (AvgIpc) is 3.05. The van der Waals surface area contributed by atoms with Crippen molar-refractivity contribution in [3.05, 3.63) is 11.8 Å². The van der Waals surface area contributed by atoms with Crippen molar-refractivity contribution < 1.29 is 14.4 Å². The number of rotatable bonds is 3. The first-order valence-electron chi connectivity index (χ1n) is 6.79. The SMILES string of the molecule is Cc1cc(NC(=O)N[C@@H]2[C@H]3CC[C@@H](C3)[C@@H]2CO)on1. The van der Waals surface area contributed by atoms with E-state index in [1.165, 1.54) is 6.42 Å². The minimum absolute atomic E-state index is 0.0766. The number of hydrogen-bond acceptors (Lipinski definition) is 4. The van der Waals surface area contributed by atoms with Crippen LogP contribution in [0.25, 0.3) is 0 Å². The van der Waals surface area contributed by atoms with Gasteiger partial charge < -0.3 is 14.9 Å². The van der Waals surface area contributed by atoms with E-state index in [-0.39, 0.29) is 24.6 Å². The van der Waals surface area contributed by atoms with Gasteiger partial charge in [0.25, 0.3) is 0 Å². The van der Waals surface area contributed by atoms with Crippen LogP contribution >= 0.6 is 0 Å². The van der Waals surface area contributed by atoms with E-state index in [0.29, 0.717) is 17.7 Å². The monoisotopic (exact) mass is 265 g/mol. The molecule has 0 saturated heterocycles. The minimum Gasteiger partial charge on any atom is -0.396 e. The Balaban J connectivity index is 1.60. The molecular formula is C13H19N3O3. The molecule has 3 N–H and O–H groups in total. The lowest BCUT2D eigenvalue weighted by atomic mass is 9.85. The summed E-state index contributed by atoms with van der Waals surface area (Å²) in [6.07, 6.45) is 3.45. The fourth-order valence-corrected chi connectivity index (χ4v) is 3.62. The molecule has 2 aliphatic rings. The zero-order chi connectivity index (χ0) is 13.4. The zero-order valence-corrected chi connectivity index (χ0v) is 10.9. The Morgan fingerprint density at radius 3 is 3.00 bits per heavy atom. The van der Waals surface area contributed by atoms with Gasteiger partial charge in [-0.25, -0.2) is 4.79 Å². The van der Waals surface area contributed by atoms with E-state index >= 15 is 0 Å². The number of nitrogens with one attached hydrogen (secondary N) is 2. The molecule has 19 heavy (non-hydrogen) atoms. The van der Waals surface area contributed by atoms with E-state index in [9.17, 15) is 9.90 Å². The largest absolute Gasteiger partial charge is 0.396 e. The number of carbonyl (C=O) groups is 1. The Morgan fingerprint density at radius 2 is 2.32 bits per heavy atom. The predicted octanol–water partition coefficient (Wildman–Crippen LogP) is 1.51. The van der Waals surface area contributed by atoms with Gasteiger partial charge in [0.15, 0.2) is 0 Å². The van der Waals surface area contributed by atoms with Crippen LogP contribution in [0, 0.1) is 24.7 Å². The van der Waals surface area contributed by atoms with Crippen LogP contribution in [0.5, 0.6) is 0 Å². The van der Waals surface area contributed by atoms with Gasteiger partial charge in [-0.3, -0.25) is 5.32 Å². The highest BCUT2D eigenvalue weighted by atomic mass is 16.5. The predicted molar refractivity (Wildman–Crippen MR) is 68.6 cm³/mol. The van der Waals surface area contributed by atoms with E-state index in [0.717, 1.165) is 18.5 Å². The highest BCUT2D eigenvalue weighted by Gasteiger charge is 2.47. The molecule has 6 heteroatoms. The van der Waals surface area contributed by atoms with Crippen molar-refractivity contribution in [1.82, 2.24) is 10.5 Å². The van der Waals surface area contributed by atoms with E-state index in [2.05, 4.69) is 15.8 Å². The number of aromatic nitrogens is 1. The lowest BCUT2D eigenvalue weighted by Gasteiger charge is -2.30. The maximum absolute atomic E-state index is 11.9. The first-order chi connectivity index (χ1) is 9.17. The third-order valence-electron chi connectivity index (χ3n) is 4.46. The smallest absolute Gasteiger partial charge is 0.321 e. The second-order valence-corrected chi connectivity index (χ2v) is 5.64. The molecule has 2 aliphatic carbocycles. The third-order valence-corrected chi connectivity index (χ3v) is 4.46. The second kappa shape index (κ2) is 4.85. The summed E-state index contributed by atoms with van der Waals surface area (Å²) in [6.45, 7) is 1.94. The molecule has 4 atom stereocenters. The number of anilines is 1. The van der Waals surface area contributed by atoms with Gasteiger partial charge in [0.05, 0.1) is 5.69 Å². The van der Waals surface area contributed by atoms with Gasteiger partial charge in [-0.1, -0.05) is 5.16 Å². The summed E-state index contributed by atoms with van der Waals surface area (Å²) in [6, 6.07) is 1.46. The number of hydrogen-bond donors (Lipinski definition) is 3. The van der Waals surface area contributed by atoms with Gasteiger partial charge in [-0.15, -0.1) is 0 Å². The average molecular weight is 265 g/mol. The van der Waals surface area contributed by atoms with Crippen LogP contribution in [0.1, 0.15) is 25.0 Å². The number of carbonyl (C=O) groups excluding carboxylic acids is 1. The van der Waals surface area contributed by atoms with Gasteiger partial charge in [-0.05, 0) is 38.0 Å². The highest BCUT2D eigenvalue weighted by Crippen LogP contribution is 2.48. The molecule has 2 fully saturated rings. The van der Waals surface area contributed by atoms with Crippen molar-refractivity contribution >= 4 is 11.9 Å². The van der Waals surface area contributed by atoms with E-state index in [1.807, 2.05) is 0 Å². The van der Waals surface area contributed by atoms with Crippen LogP contribution in [0.2, 0.25) is 0 Å². The molecule has 1 aromatic rings. The van der Waals surface area contributed by atoms with Crippen LogP contribution in [-0.2, 0) is 0 Å². The Morgan fingerprint density at radius 1 is 1.53 bits per heavy atom. The molecule has 0 aliphatic heterocycles. The third kappa shape index (κ3) is 2.32. The van der Waals surface area contributed by atoms with Crippen LogP contribution in [0.15, 0.2) is 10.6 Å². The van der Waals surface area contributed by atoms with Gasteiger partial charge >= 0.3 is 6.03 Å². The summed E-state index contributed by atoms with van der Waals surface area (Å²) in [4.78, 5) is 11.9. The zero-order valence-electron chi connectivity index (χ0n) is 10.9. The molecule has 2 saturated carbocycles. The van der Waals surface area contributed by atoms with Crippen LogP contribution in [-0.4, -0.2) is 28.9 Å². The van der Waals surface area contributed by atoms with Gasteiger partial charge in [0.2, 0.25) is 5.88 Å². The number of urea groups is 1. The molecule has 6 nitrogen and oxygen atoms in total. The Bertz CT molecular complexity index is 473. The first kappa shape index (κ1) is 12.5. The summed E-state index contributed by atoms with van der Waals surface area (Å²) in [5.41, 5.74) is 0.725. The van der Waals surface area contributed by atoms with Crippen molar-refractivity contribution in [3.63, 3.8) is 0 Å². The van der Waals surface area contributed by atoms with E-state index in [1.54, 1.807) is 13.0 Å². The van der Waals surface area contributed by atoms with Crippen molar-refractivity contribution in [2.24, 2.45) is 17.8 Å². The molecule has 0 aromatic carbocycles. The first-order valence-corrected chi connectivity index (χ1v) is 6.79. The molecule has 2 amide bonds. The van der Waals surface area contributed by atoms with Crippen molar-refractivity contribution in [2.75, 3.05) is 11.9 Å². The standard InChI is InChI=1S/C13H19N3O3/c1-7-4-11(19-16-7)14-13(18)15-12-9-3-2-8(5-9)10(12)6-17/h4,8-10,12,17H,2-3,5-6H2,1H3,(H2,14,15,18)/t8-,9-,10-,12+/m0/s1. The fraction of sp³-hybridized carbons (Fsp3) is 0.692. The second-order valence-electron chi connectivity index (χ2n) is 5.64. The van der Waals surface area contributed by atoms with Crippen LogP contribution in [0.4, 0.5) is 10.7 Å². The maximum Gasteiger partial charge on any atom is 0.321 e. The number of aliphatic hydroxyl groups is 1. The van der Waals surface area contributed by atoms with Gasteiger partial charge in [0, 0.05) is 24.6 Å². The molecule has 1 heterocycles. The number of nitrogens with zero attached hydrogens (tertiary/aromatic N) is 1. The maximum atomic E-state index is 11.9. The van der Waals surface area contributed by atoms with Gasteiger partial charge in [-0.2, -0.15) is 0 Å². The Hall–Kier alpha value is -1.56. The van der Waals surface area contributed by atoms with Crippen LogP contribution < -0.4 is 10.6 Å². The number of aryl methyl sites for hydroxylation is 1. The molecule has 0 unspecified atom stereocenters. The molecule has 0 spiro atoms. The normalized spacial score (nSPS) is 32.5. The lowest BCUT2D eigenvalue weighted by Crippen LogP contribution is -2.46. The molecule has 1 aromatic heterocycles. The van der Waals surface area contributed by atoms with Crippen LogP contribution in [0.3, 0.4) is 0 Å². The summed E-state index contributed by atoms with van der Waals surface area (Å²) < 4.78 is 4.94. The van der Waals surface area contributed by atoms with Gasteiger partial charge in [0.1, 0.15) is 0 Å². The van der Waals surface area contributed by atoms with Crippen molar-refractivity contribution in [1.29, 1.82) is 0 Å². The number of amides is 2. The highest BCUT2D eigenvalue weighted by molar-refractivity contribution is 5.88. The molecule has 0 radical (unpaired) electrons. The van der Waals surface area contributed by atoms with Crippen molar-refractivity contribution in [2.45, 2.75) is 32.2 Å². The summed E-state index contributed by atoms with van der Waals surface area (Å²) in [5, 5.41) is 18.8. The summed E-state index contributed by atoms with van der Waals surface area (Å²) in [5.74, 6) is 1.61.